The van der Waals surface area contributed by atoms with Crippen molar-refractivity contribution in [2.75, 3.05) is 11.9 Å². The SMILES string of the molecule is CCCc1nc(NCC)c(C)c(-c2ccc(CC)cc2)n1. The molecule has 3 nitrogen and oxygen atoms in total. The van der Waals surface area contributed by atoms with E-state index in [0.29, 0.717) is 0 Å². The predicted octanol–water partition coefficient (Wildman–Crippen LogP) is 4.40. The van der Waals surface area contributed by atoms with Crippen LogP contribution >= 0.6 is 0 Å². The largest absolute Gasteiger partial charge is 0.370 e. The summed E-state index contributed by atoms with van der Waals surface area (Å²) in [7, 11) is 0. The maximum atomic E-state index is 4.78. The predicted molar refractivity (Wildman–Crippen MR) is 89.7 cm³/mol. The van der Waals surface area contributed by atoms with E-state index in [1.54, 1.807) is 0 Å². The lowest BCUT2D eigenvalue weighted by Crippen LogP contribution is -2.08. The molecule has 21 heavy (non-hydrogen) atoms. The quantitative estimate of drug-likeness (QED) is 0.854. The average Bonchev–Trinajstić information content (AvgIpc) is 2.51. The van der Waals surface area contributed by atoms with E-state index in [9.17, 15) is 0 Å². The molecule has 0 fully saturated rings. The second kappa shape index (κ2) is 7.21. The van der Waals surface area contributed by atoms with Gasteiger partial charge in [0.25, 0.3) is 0 Å². The van der Waals surface area contributed by atoms with E-state index in [4.69, 9.17) is 4.98 Å². The molecule has 0 bridgehead atoms. The summed E-state index contributed by atoms with van der Waals surface area (Å²) in [6.45, 7) is 9.39. The highest BCUT2D eigenvalue weighted by molar-refractivity contribution is 5.68. The number of benzene rings is 1. The van der Waals surface area contributed by atoms with Crippen LogP contribution in [0.4, 0.5) is 5.82 Å². The highest BCUT2D eigenvalue weighted by Crippen LogP contribution is 2.26. The highest BCUT2D eigenvalue weighted by Gasteiger charge is 2.12. The molecule has 0 aliphatic carbocycles. The van der Waals surface area contributed by atoms with Crippen LogP contribution in [0, 0.1) is 6.92 Å². The van der Waals surface area contributed by atoms with Gasteiger partial charge >= 0.3 is 0 Å². The van der Waals surface area contributed by atoms with Crippen molar-refractivity contribution in [2.45, 2.75) is 47.0 Å². The minimum atomic E-state index is 0.873. The van der Waals surface area contributed by atoms with Crippen LogP contribution in [0.3, 0.4) is 0 Å². The topological polar surface area (TPSA) is 37.8 Å². The number of nitrogens with zero attached hydrogens (tertiary/aromatic N) is 2. The Hall–Kier alpha value is -1.90. The molecular weight excluding hydrogens is 258 g/mol. The smallest absolute Gasteiger partial charge is 0.133 e. The molecule has 0 unspecified atom stereocenters. The maximum absolute atomic E-state index is 4.78. The summed E-state index contributed by atoms with van der Waals surface area (Å²) >= 11 is 0. The van der Waals surface area contributed by atoms with Crippen molar-refractivity contribution >= 4 is 5.82 Å². The zero-order chi connectivity index (χ0) is 15.2. The molecular formula is C18H25N3. The first-order chi connectivity index (χ1) is 10.2. The summed E-state index contributed by atoms with van der Waals surface area (Å²) < 4.78 is 0. The van der Waals surface area contributed by atoms with E-state index in [2.05, 4.69) is 62.3 Å². The molecule has 0 atom stereocenters. The summed E-state index contributed by atoms with van der Waals surface area (Å²) in [5.74, 6) is 1.89. The monoisotopic (exact) mass is 283 g/mol. The molecule has 0 saturated heterocycles. The number of rotatable bonds is 6. The molecule has 3 heteroatoms. The molecule has 2 rings (SSSR count). The molecule has 1 aromatic carbocycles. The van der Waals surface area contributed by atoms with Crippen molar-refractivity contribution in [3.63, 3.8) is 0 Å². The van der Waals surface area contributed by atoms with Crippen LogP contribution in [0.5, 0.6) is 0 Å². The Morgan fingerprint density at radius 1 is 1.00 bits per heavy atom. The van der Waals surface area contributed by atoms with Crippen molar-refractivity contribution in [1.82, 2.24) is 9.97 Å². The Bertz CT molecular complexity index is 588. The fraction of sp³-hybridized carbons (Fsp3) is 0.444. The van der Waals surface area contributed by atoms with Gasteiger partial charge in [-0.15, -0.1) is 0 Å². The van der Waals surface area contributed by atoms with Crippen molar-refractivity contribution in [1.29, 1.82) is 0 Å². The Labute approximate surface area is 127 Å². The van der Waals surface area contributed by atoms with Gasteiger partial charge in [0.1, 0.15) is 11.6 Å². The molecule has 1 N–H and O–H groups in total. The molecule has 1 aromatic heterocycles. The van der Waals surface area contributed by atoms with Crippen molar-refractivity contribution in [2.24, 2.45) is 0 Å². The van der Waals surface area contributed by atoms with Crippen LogP contribution in [0.2, 0.25) is 0 Å². The Kier molecular flexibility index (Phi) is 5.32. The van der Waals surface area contributed by atoms with Crippen molar-refractivity contribution < 1.29 is 0 Å². The van der Waals surface area contributed by atoms with Gasteiger partial charge in [0.15, 0.2) is 0 Å². The van der Waals surface area contributed by atoms with Crippen LogP contribution in [0.15, 0.2) is 24.3 Å². The molecule has 0 radical (unpaired) electrons. The van der Waals surface area contributed by atoms with Gasteiger partial charge in [0.05, 0.1) is 5.69 Å². The molecule has 0 spiro atoms. The third-order valence-electron chi connectivity index (χ3n) is 3.65. The number of aromatic nitrogens is 2. The molecule has 0 saturated carbocycles. The highest BCUT2D eigenvalue weighted by atomic mass is 15.0. The minimum Gasteiger partial charge on any atom is -0.370 e. The molecule has 0 aliphatic heterocycles. The van der Waals surface area contributed by atoms with E-state index in [1.165, 1.54) is 11.1 Å². The van der Waals surface area contributed by atoms with E-state index >= 15 is 0 Å². The Morgan fingerprint density at radius 3 is 2.29 bits per heavy atom. The van der Waals surface area contributed by atoms with Gasteiger partial charge in [-0.3, -0.25) is 0 Å². The molecule has 1 heterocycles. The van der Waals surface area contributed by atoms with E-state index < -0.39 is 0 Å². The zero-order valence-electron chi connectivity index (χ0n) is 13.5. The van der Waals surface area contributed by atoms with Crippen LogP contribution in [0.25, 0.3) is 11.3 Å². The number of anilines is 1. The number of hydrogen-bond acceptors (Lipinski definition) is 3. The van der Waals surface area contributed by atoms with Gasteiger partial charge in [0.2, 0.25) is 0 Å². The lowest BCUT2D eigenvalue weighted by atomic mass is 10.0. The maximum Gasteiger partial charge on any atom is 0.133 e. The standard InChI is InChI=1S/C18H25N3/c1-5-8-16-20-17(13(4)18(21-16)19-7-3)15-11-9-14(6-2)10-12-15/h9-12H,5-8H2,1-4H3,(H,19,20,21). The van der Waals surface area contributed by atoms with Crippen LogP contribution < -0.4 is 5.32 Å². The molecule has 2 aromatic rings. The van der Waals surface area contributed by atoms with E-state index in [0.717, 1.165) is 48.7 Å². The zero-order valence-corrected chi connectivity index (χ0v) is 13.5. The van der Waals surface area contributed by atoms with Gasteiger partial charge in [-0.05, 0) is 32.3 Å². The first kappa shape index (κ1) is 15.5. The van der Waals surface area contributed by atoms with Crippen LogP contribution in [-0.2, 0) is 12.8 Å². The molecule has 0 aliphatic rings. The van der Waals surface area contributed by atoms with Gasteiger partial charge in [-0.2, -0.15) is 0 Å². The second-order valence-corrected chi connectivity index (χ2v) is 5.29. The first-order valence-corrected chi connectivity index (χ1v) is 7.90. The number of hydrogen-bond donors (Lipinski definition) is 1. The van der Waals surface area contributed by atoms with E-state index in [1.807, 2.05) is 0 Å². The molecule has 112 valence electrons. The lowest BCUT2D eigenvalue weighted by molar-refractivity contribution is 0.833. The Balaban J connectivity index is 2.48. The summed E-state index contributed by atoms with van der Waals surface area (Å²) in [5.41, 5.74) is 4.70. The van der Waals surface area contributed by atoms with Gasteiger partial charge in [-0.1, -0.05) is 38.1 Å². The average molecular weight is 283 g/mol. The fourth-order valence-corrected chi connectivity index (χ4v) is 2.42. The van der Waals surface area contributed by atoms with Gasteiger partial charge < -0.3 is 5.32 Å². The van der Waals surface area contributed by atoms with Crippen LogP contribution in [0.1, 0.15) is 44.1 Å². The third kappa shape index (κ3) is 3.60. The fourth-order valence-electron chi connectivity index (χ4n) is 2.42. The van der Waals surface area contributed by atoms with E-state index in [-0.39, 0.29) is 0 Å². The summed E-state index contributed by atoms with van der Waals surface area (Å²) in [5, 5.41) is 3.36. The van der Waals surface area contributed by atoms with Crippen LogP contribution in [-0.4, -0.2) is 16.5 Å². The van der Waals surface area contributed by atoms with Gasteiger partial charge in [0, 0.05) is 24.1 Å². The Morgan fingerprint density at radius 2 is 1.71 bits per heavy atom. The van der Waals surface area contributed by atoms with Crippen molar-refractivity contribution in [3.05, 3.63) is 41.2 Å². The number of nitrogens with one attached hydrogen (secondary N) is 1. The third-order valence-corrected chi connectivity index (χ3v) is 3.65. The second-order valence-electron chi connectivity index (χ2n) is 5.29. The lowest BCUT2D eigenvalue weighted by Gasteiger charge is -2.13. The summed E-state index contributed by atoms with van der Waals surface area (Å²) in [6.07, 6.45) is 3.04. The first-order valence-electron chi connectivity index (χ1n) is 7.90. The summed E-state index contributed by atoms with van der Waals surface area (Å²) in [4.78, 5) is 9.43. The van der Waals surface area contributed by atoms with Gasteiger partial charge in [-0.25, -0.2) is 9.97 Å². The normalized spacial score (nSPS) is 10.7. The van der Waals surface area contributed by atoms with Crippen molar-refractivity contribution in [3.8, 4) is 11.3 Å². The number of aryl methyl sites for hydroxylation is 2. The summed E-state index contributed by atoms with van der Waals surface area (Å²) in [6, 6.07) is 8.70. The molecule has 0 amide bonds. The minimum absolute atomic E-state index is 0.873.